The number of aliphatic hydroxyl groups is 1. The van der Waals surface area contributed by atoms with E-state index in [2.05, 4.69) is 25.1 Å². The Morgan fingerprint density at radius 1 is 1.24 bits per heavy atom. The van der Waals surface area contributed by atoms with Crippen molar-refractivity contribution in [2.45, 2.75) is 58.0 Å². The maximum Gasteiger partial charge on any atom is 0.0625 e. The fourth-order valence-electron chi connectivity index (χ4n) is 2.42. The largest absolute Gasteiger partial charge is 0.392 e. The molecule has 2 heteroatoms. The van der Waals surface area contributed by atoms with E-state index in [1.807, 2.05) is 11.3 Å². The third-order valence-corrected chi connectivity index (χ3v) is 4.64. The highest BCUT2D eigenvalue weighted by Gasteiger charge is 2.12. The summed E-state index contributed by atoms with van der Waals surface area (Å²) in [5.41, 5.74) is 1.47. The SMILES string of the molecule is CCc1ccc(CC(O)CC2=CCCCC2)s1. The molecule has 0 amide bonds. The summed E-state index contributed by atoms with van der Waals surface area (Å²) in [5.74, 6) is 0. The quantitative estimate of drug-likeness (QED) is 0.780. The Morgan fingerprint density at radius 3 is 2.71 bits per heavy atom. The minimum Gasteiger partial charge on any atom is -0.392 e. The zero-order valence-electron chi connectivity index (χ0n) is 10.6. The molecular weight excluding hydrogens is 228 g/mol. The second-order valence-corrected chi connectivity index (χ2v) is 6.14. The van der Waals surface area contributed by atoms with Crippen LogP contribution in [0, 0.1) is 0 Å². The van der Waals surface area contributed by atoms with Gasteiger partial charge in [0, 0.05) is 16.2 Å². The topological polar surface area (TPSA) is 20.2 Å². The van der Waals surface area contributed by atoms with E-state index in [1.54, 1.807) is 0 Å². The first-order chi connectivity index (χ1) is 8.28. The molecule has 94 valence electrons. The highest BCUT2D eigenvalue weighted by molar-refractivity contribution is 7.11. The van der Waals surface area contributed by atoms with Crippen LogP contribution in [0.25, 0.3) is 0 Å². The van der Waals surface area contributed by atoms with Gasteiger partial charge in [-0.1, -0.05) is 18.6 Å². The summed E-state index contributed by atoms with van der Waals surface area (Å²) in [7, 11) is 0. The molecule has 1 unspecified atom stereocenters. The number of hydrogen-bond acceptors (Lipinski definition) is 2. The maximum atomic E-state index is 10.1. The van der Waals surface area contributed by atoms with Gasteiger partial charge in [0.1, 0.15) is 0 Å². The Bertz CT molecular complexity index is 378. The van der Waals surface area contributed by atoms with Crippen molar-refractivity contribution in [2.24, 2.45) is 0 Å². The molecule has 1 atom stereocenters. The summed E-state index contributed by atoms with van der Waals surface area (Å²) in [6, 6.07) is 4.36. The summed E-state index contributed by atoms with van der Waals surface area (Å²) >= 11 is 1.84. The van der Waals surface area contributed by atoms with Gasteiger partial charge in [-0.15, -0.1) is 11.3 Å². The van der Waals surface area contributed by atoms with E-state index in [0.29, 0.717) is 0 Å². The third-order valence-electron chi connectivity index (χ3n) is 3.39. The Balaban J connectivity index is 1.83. The van der Waals surface area contributed by atoms with Crippen molar-refractivity contribution in [3.05, 3.63) is 33.5 Å². The molecule has 1 nitrogen and oxygen atoms in total. The van der Waals surface area contributed by atoms with Crippen LogP contribution >= 0.6 is 11.3 Å². The van der Waals surface area contributed by atoms with Crippen LogP contribution in [0.1, 0.15) is 48.8 Å². The molecule has 2 rings (SSSR count). The van der Waals surface area contributed by atoms with Gasteiger partial charge in [0.15, 0.2) is 0 Å². The molecule has 0 saturated heterocycles. The molecule has 1 aliphatic carbocycles. The molecule has 0 spiro atoms. The van der Waals surface area contributed by atoms with Crippen LogP contribution in [0.4, 0.5) is 0 Å². The van der Waals surface area contributed by atoms with Crippen molar-refractivity contribution in [1.29, 1.82) is 0 Å². The molecule has 1 aromatic rings. The molecule has 0 aromatic carbocycles. The van der Waals surface area contributed by atoms with Crippen molar-refractivity contribution in [3.63, 3.8) is 0 Å². The zero-order chi connectivity index (χ0) is 12.1. The predicted octanol–water partition coefficient (Wildman–Crippen LogP) is 4.10. The second-order valence-electron chi connectivity index (χ2n) is 4.89. The van der Waals surface area contributed by atoms with Gasteiger partial charge in [0.25, 0.3) is 0 Å². The lowest BCUT2D eigenvalue weighted by molar-refractivity contribution is 0.174. The monoisotopic (exact) mass is 250 g/mol. The molecule has 0 aliphatic heterocycles. The smallest absolute Gasteiger partial charge is 0.0625 e. The van der Waals surface area contributed by atoms with Gasteiger partial charge in [-0.2, -0.15) is 0 Å². The summed E-state index contributed by atoms with van der Waals surface area (Å²) in [6.07, 6.45) is 9.97. The number of aliphatic hydroxyl groups excluding tert-OH is 1. The molecule has 17 heavy (non-hydrogen) atoms. The Morgan fingerprint density at radius 2 is 2.06 bits per heavy atom. The van der Waals surface area contributed by atoms with E-state index < -0.39 is 0 Å². The summed E-state index contributed by atoms with van der Waals surface area (Å²) in [4.78, 5) is 2.75. The number of rotatable bonds is 5. The highest BCUT2D eigenvalue weighted by atomic mass is 32.1. The standard InChI is InChI=1S/C15H22OS/c1-2-14-8-9-15(17-14)11-13(16)10-12-6-4-3-5-7-12/h6,8-9,13,16H,2-5,7,10-11H2,1H3. The minimum absolute atomic E-state index is 0.192. The van der Waals surface area contributed by atoms with Crippen LogP contribution in [0.5, 0.6) is 0 Å². The molecule has 0 radical (unpaired) electrons. The minimum atomic E-state index is -0.192. The van der Waals surface area contributed by atoms with Crippen LogP contribution < -0.4 is 0 Å². The Labute approximate surface area is 108 Å². The van der Waals surface area contributed by atoms with Crippen molar-refractivity contribution < 1.29 is 5.11 Å². The summed E-state index contributed by atoms with van der Waals surface area (Å²) in [6.45, 7) is 2.18. The van der Waals surface area contributed by atoms with Crippen LogP contribution in [-0.2, 0) is 12.8 Å². The average Bonchev–Trinajstić information content (AvgIpc) is 2.78. The Kier molecular flexibility index (Phi) is 4.81. The van der Waals surface area contributed by atoms with E-state index in [-0.39, 0.29) is 6.10 Å². The number of allylic oxidation sites excluding steroid dienone is 1. The first kappa shape index (κ1) is 12.8. The van der Waals surface area contributed by atoms with Gasteiger partial charge < -0.3 is 5.11 Å². The van der Waals surface area contributed by atoms with Crippen molar-refractivity contribution in [3.8, 4) is 0 Å². The molecule has 1 heterocycles. The lowest BCUT2D eigenvalue weighted by atomic mass is 9.94. The van der Waals surface area contributed by atoms with E-state index in [4.69, 9.17) is 0 Å². The van der Waals surface area contributed by atoms with Gasteiger partial charge in [-0.25, -0.2) is 0 Å². The summed E-state index contributed by atoms with van der Waals surface area (Å²) in [5, 5.41) is 10.1. The normalized spacial score (nSPS) is 17.9. The average molecular weight is 250 g/mol. The highest BCUT2D eigenvalue weighted by Crippen LogP contribution is 2.24. The van der Waals surface area contributed by atoms with E-state index in [1.165, 1.54) is 41.0 Å². The van der Waals surface area contributed by atoms with Crippen molar-refractivity contribution in [1.82, 2.24) is 0 Å². The van der Waals surface area contributed by atoms with E-state index in [9.17, 15) is 5.11 Å². The molecule has 0 fully saturated rings. The predicted molar refractivity (Wildman–Crippen MR) is 74.6 cm³/mol. The van der Waals surface area contributed by atoms with Gasteiger partial charge in [-0.3, -0.25) is 0 Å². The van der Waals surface area contributed by atoms with Crippen LogP contribution in [0.2, 0.25) is 0 Å². The Hall–Kier alpha value is -0.600. The van der Waals surface area contributed by atoms with Gasteiger partial charge in [0.05, 0.1) is 6.10 Å². The maximum absolute atomic E-state index is 10.1. The fraction of sp³-hybridized carbons (Fsp3) is 0.600. The number of thiophene rings is 1. The fourth-order valence-corrected chi connectivity index (χ4v) is 3.45. The zero-order valence-corrected chi connectivity index (χ0v) is 11.4. The van der Waals surface area contributed by atoms with Gasteiger partial charge in [0.2, 0.25) is 0 Å². The lowest BCUT2D eigenvalue weighted by Crippen LogP contribution is -2.11. The molecule has 0 bridgehead atoms. The van der Waals surface area contributed by atoms with Crippen LogP contribution in [-0.4, -0.2) is 11.2 Å². The van der Waals surface area contributed by atoms with Gasteiger partial charge in [-0.05, 0) is 50.7 Å². The first-order valence-electron chi connectivity index (χ1n) is 6.71. The number of hydrogen-bond donors (Lipinski definition) is 1. The third kappa shape index (κ3) is 3.97. The lowest BCUT2D eigenvalue weighted by Gasteiger charge is -2.16. The molecule has 1 aliphatic rings. The van der Waals surface area contributed by atoms with Gasteiger partial charge >= 0.3 is 0 Å². The van der Waals surface area contributed by atoms with Crippen molar-refractivity contribution in [2.75, 3.05) is 0 Å². The molecule has 0 saturated carbocycles. The second kappa shape index (κ2) is 6.36. The van der Waals surface area contributed by atoms with Crippen molar-refractivity contribution >= 4 is 11.3 Å². The molecule has 1 aromatic heterocycles. The van der Waals surface area contributed by atoms with E-state index >= 15 is 0 Å². The van der Waals surface area contributed by atoms with E-state index in [0.717, 1.165) is 19.3 Å². The first-order valence-corrected chi connectivity index (χ1v) is 7.53. The molecule has 1 N–H and O–H groups in total. The van der Waals surface area contributed by atoms with Crippen LogP contribution in [0.15, 0.2) is 23.8 Å². The van der Waals surface area contributed by atoms with Crippen LogP contribution in [0.3, 0.4) is 0 Å². The summed E-state index contributed by atoms with van der Waals surface area (Å²) < 4.78 is 0. The molecular formula is C15H22OS. The number of aryl methyl sites for hydroxylation is 1.